The van der Waals surface area contributed by atoms with E-state index in [1.54, 1.807) is 0 Å². The number of carboxylic acid groups (broad SMARTS) is 1. The fraction of sp³-hybridized carbons (Fsp3) is 0.440. The molecule has 0 bridgehead atoms. The molecule has 0 radical (unpaired) electrons. The zero-order valence-corrected chi connectivity index (χ0v) is 20.6. The molecule has 4 rings (SSSR count). The number of ether oxygens (including phenoxy) is 1. The number of hydrogen-bond donors (Lipinski definition) is 1. The van der Waals surface area contributed by atoms with Crippen molar-refractivity contribution >= 4 is 35.2 Å². The number of carbonyl (C=O) groups excluding carboxylic acids is 1. The molecule has 0 spiro atoms. The SMILES string of the molecule is O=C(O)C1CSCN1C(=O)COCCN1CCN(C(c2ccccc2)c2ccc(Cl)cc2)CC1. The Kier molecular flexibility index (Phi) is 8.86. The van der Waals surface area contributed by atoms with Crippen LogP contribution in [0.25, 0.3) is 0 Å². The summed E-state index contributed by atoms with van der Waals surface area (Å²) in [6.45, 7) is 4.80. The van der Waals surface area contributed by atoms with Gasteiger partial charge in [-0.3, -0.25) is 14.6 Å². The maximum Gasteiger partial charge on any atom is 0.327 e. The monoisotopic (exact) mass is 503 g/mol. The standard InChI is InChI=1S/C25H30ClN3O4S/c26-21-8-6-20(7-9-21)24(19-4-2-1-3-5-19)28-12-10-27(11-13-28)14-15-33-16-23(30)29-18-34-17-22(29)25(31)32/h1-9,22,24H,10-18H2,(H,31,32). The van der Waals surface area contributed by atoms with Gasteiger partial charge in [0.1, 0.15) is 12.6 Å². The number of rotatable bonds is 9. The molecule has 7 nitrogen and oxygen atoms in total. The third-order valence-corrected chi connectivity index (χ3v) is 7.60. The molecular weight excluding hydrogens is 474 g/mol. The molecule has 0 aliphatic carbocycles. The van der Waals surface area contributed by atoms with Crippen LogP contribution in [0.4, 0.5) is 0 Å². The predicted molar refractivity (Wildman–Crippen MR) is 134 cm³/mol. The van der Waals surface area contributed by atoms with E-state index in [1.165, 1.54) is 27.8 Å². The summed E-state index contributed by atoms with van der Waals surface area (Å²) in [6, 6.07) is 18.1. The molecule has 2 unspecified atom stereocenters. The van der Waals surface area contributed by atoms with Crippen LogP contribution in [0.3, 0.4) is 0 Å². The van der Waals surface area contributed by atoms with E-state index in [4.69, 9.17) is 16.3 Å². The lowest BCUT2D eigenvalue weighted by molar-refractivity contribution is -0.149. The number of piperazine rings is 1. The summed E-state index contributed by atoms with van der Waals surface area (Å²) in [5.74, 6) is -0.359. The molecule has 1 amide bonds. The molecule has 2 heterocycles. The summed E-state index contributed by atoms with van der Waals surface area (Å²) < 4.78 is 5.60. The maximum atomic E-state index is 12.3. The molecule has 0 saturated carbocycles. The van der Waals surface area contributed by atoms with Crippen LogP contribution in [-0.2, 0) is 14.3 Å². The van der Waals surface area contributed by atoms with E-state index < -0.39 is 12.0 Å². The van der Waals surface area contributed by atoms with Gasteiger partial charge in [0.15, 0.2) is 0 Å². The van der Waals surface area contributed by atoms with Gasteiger partial charge in [0.2, 0.25) is 5.91 Å². The number of aliphatic carboxylic acids is 1. The Morgan fingerprint density at radius 3 is 2.38 bits per heavy atom. The number of thioether (sulfide) groups is 1. The maximum absolute atomic E-state index is 12.3. The smallest absolute Gasteiger partial charge is 0.327 e. The van der Waals surface area contributed by atoms with Crippen molar-refractivity contribution in [2.45, 2.75) is 12.1 Å². The first kappa shape index (κ1) is 25.0. The summed E-state index contributed by atoms with van der Waals surface area (Å²) in [7, 11) is 0. The van der Waals surface area contributed by atoms with Crippen molar-refractivity contribution in [3.8, 4) is 0 Å². The average Bonchev–Trinajstić information content (AvgIpc) is 3.35. The van der Waals surface area contributed by atoms with Crippen molar-refractivity contribution in [1.29, 1.82) is 0 Å². The van der Waals surface area contributed by atoms with Crippen LogP contribution in [0.5, 0.6) is 0 Å². The van der Waals surface area contributed by atoms with Crippen molar-refractivity contribution in [3.05, 3.63) is 70.7 Å². The number of amides is 1. The van der Waals surface area contributed by atoms with Crippen LogP contribution in [0.15, 0.2) is 54.6 Å². The van der Waals surface area contributed by atoms with E-state index in [9.17, 15) is 14.7 Å². The van der Waals surface area contributed by atoms with E-state index >= 15 is 0 Å². The van der Waals surface area contributed by atoms with Crippen molar-refractivity contribution < 1.29 is 19.4 Å². The Bertz CT molecular complexity index is 954. The highest BCUT2D eigenvalue weighted by atomic mass is 35.5. The van der Waals surface area contributed by atoms with E-state index in [0.29, 0.717) is 18.2 Å². The highest BCUT2D eigenvalue weighted by Crippen LogP contribution is 2.30. The molecule has 182 valence electrons. The van der Waals surface area contributed by atoms with Crippen molar-refractivity contribution in [1.82, 2.24) is 14.7 Å². The molecule has 2 saturated heterocycles. The van der Waals surface area contributed by atoms with Crippen molar-refractivity contribution in [2.75, 3.05) is 57.6 Å². The van der Waals surface area contributed by atoms with Gasteiger partial charge in [-0.2, -0.15) is 0 Å². The fourth-order valence-corrected chi connectivity index (χ4v) is 5.77. The van der Waals surface area contributed by atoms with Gasteiger partial charge < -0.3 is 14.7 Å². The van der Waals surface area contributed by atoms with E-state index in [-0.39, 0.29) is 18.6 Å². The molecule has 2 aliphatic heterocycles. The van der Waals surface area contributed by atoms with E-state index in [2.05, 4.69) is 46.2 Å². The third kappa shape index (κ3) is 6.31. The zero-order chi connectivity index (χ0) is 23.9. The Morgan fingerprint density at radius 2 is 1.71 bits per heavy atom. The molecule has 1 N–H and O–H groups in total. The molecule has 34 heavy (non-hydrogen) atoms. The minimum atomic E-state index is -0.955. The number of hydrogen-bond acceptors (Lipinski definition) is 6. The minimum Gasteiger partial charge on any atom is -0.480 e. The Balaban J connectivity index is 1.25. The minimum absolute atomic E-state index is 0.0725. The zero-order valence-electron chi connectivity index (χ0n) is 19.0. The molecule has 2 aromatic rings. The van der Waals surface area contributed by atoms with Crippen LogP contribution in [-0.4, -0.2) is 95.3 Å². The second-order valence-corrected chi connectivity index (χ2v) is 9.95. The number of benzene rings is 2. The van der Waals surface area contributed by atoms with Gasteiger partial charge in [0.25, 0.3) is 0 Å². The first-order valence-electron chi connectivity index (χ1n) is 11.5. The van der Waals surface area contributed by atoms with Crippen LogP contribution in [0.1, 0.15) is 17.2 Å². The van der Waals surface area contributed by atoms with Gasteiger partial charge in [0, 0.05) is 43.5 Å². The van der Waals surface area contributed by atoms with Crippen molar-refractivity contribution in [2.24, 2.45) is 0 Å². The fourth-order valence-electron chi connectivity index (χ4n) is 4.47. The highest BCUT2D eigenvalue weighted by Gasteiger charge is 2.34. The van der Waals surface area contributed by atoms with Gasteiger partial charge in [-0.25, -0.2) is 4.79 Å². The normalized spacial score (nSPS) is 20.4. The summed E-state index contributed by atoms with van der Waals surface area (Å²) in [5, 5.41) is 9.96. The summed E-state index contributed by atoms with van der Waals surface area (Å²) in [5.41, 5.74) is 2.49. The number of halogens is 1. The summed E-state index contributed by atoms with van der Waals surface area (Å²) >= 11 is 7.58. The van der Waals surface area contributed by atoms with Gasteiger partial charge >= 0.3 is 5.97 Å². The third-order valence-electron chi connectivity index (χ3n) is 6.34. The molecule has 0 aromatic heterocycles. The van der Waals surface area contributed by atoms with Crippen molar-refractivity contribution in [3.63, 3.8) is 0 Å². The molecule has 2 aromatic carbocycles. The Morgan fingerprint density at radius 1 is 1.03 bits per heavy atom. The first-order chi connectivity index (χ1) is 16.5. The number of nitrogens with zero attached hydrogens (tertiary/aromatic N) is 3. The van der Waals surface area contributed by atoms with Gasteiger partial charge in [0.05, 0.1) is 18.5 Å². The van der Waals surface area contributed by atoms with Crippen LogP contribution in [0.2, 0.25) is 5.02 Å². The second-order valence-electron chi connectivity index (χ2n) is 8.51. The Labute approximate surface area is 209 Å². The lowest BCUT2D eigenvalue weighted by atomic mass is 9.96. The van der Waals surface area contributed by atoms with Gasteiger partial charge in [-0.1, -0.05) is 54.1 Å². The largest absolute Gasteiger partial charge is 0.480 e. The van der Waals surface area contributed by atoms with Crippen LogP contribution >= 0.6 is 23.4 Å². The lowest BCUT2D eigenvalue weighted by Crippen LogP contribution is -2.48. The molecule has 2 atom stereocenters. The van der Waals surface area contributed by atoms with Crippen LogP contribution in [0, 0.1) is 0 Å². The number of carbonyl (C=O) groups is 2. The number of carboxylic acids is 1. The molecule has 2 aliphatic rings. The van der Waals surface area contributed by atoms with E-state index in [1.807, 2.05) is 18.2 Å². The topological polar surface area (TPSA) is 73.3 Å². The second kappa shape index (κ2) is 12.0. The van der Waals surface area contributed by atoms with Gasteiger partial charge in [-0.05, 0) is 23.3 Å². The first-order valence-corrected chi connectivity index (χ1v) is 13.0. The molecule has 2 fully saturated rings. The van der Waals surface area contributed by atoms with E-state index in [0.717, 1.165) is 37.7 Å². The Hall–Kier alpha value is -2.10. The lowest BCUT2D eigenvalue weighted by Gasteiger charge is -2.39. The molecular formula is C25H30ClN3O4S. The highest BCUT2D eigenvalue weighted by molar-refractivity contribution is 7.99. The average molecular weight is 504 g/mol. The summed E-state index contributed by atoms with van der Waals surface area (Å²) in [6.07, 6.45) is 0. The van der Waals surface area contributed by atoms with Gasteiger partial charge in [-0.15, -0.1) is 11.8 Å². The molecule has 9 heteroatoms. The van der Waals surface area contributed by atoms with Crippen LogP contribution < -0.4 is 0 Å². The quantitative estimate of drug-likeness (QED) is 0.527. The predicted octanol–water partition coefficient (Wildman–Crippen LogP) is 3.05. The summed E-state index contributed by atoms with van der Waals surface area (Å²) in [4.78, 5) is 29.8.